The number of nitrogens with two attached hydrogens (primary N) is 1. The third-order valence-electron chi connectivity index (χ3n) is 1.66. The van der Waals surface area contributed by atoms with Gasteiger partial charge in [-0.3, -0.25) is 0 Å². The zero-order valence-corrected chi connectivity index (χ0v) is 7.94. The molecule has 14 heavy (non-hydrogen) atoms. The first kappa shape index (κ1) is 8.96. The molecule has 0 aromatic heterocycles. The van der Waals surface area contributed by atoms with Crippen LogP contribution >= 0.6 is 11.6 Å². The second-order valence-electron chi connectivity index (χ2n) is 2.73. The van der Waals surface area contributed by atoms with Crippen LogP contribution in [0.3, 0.4) is 0 Å². The van der Waals surface area contributed by atoms with Gasteiger partial charge in [-0.25, -0.2) is 4.99 Å². The van der Waals surface area contributed by atoms with Crippen LogP contribution in [0.25, 0.3) is 0 Å². The summed E-state index contributed by atoms with van der Waals surface area (Å²) in [6.45, 7) is 0. The molecule has 6 heteroatoms. The Balaban J connectivity index is 2.05. The van der Waals surface area contributed by atoms with Gasteiger partial charge >= 0.3 is 0 Å². The SMILES string of the molecule is NC1=NC(Nc2ccc(Cl)cc2)N=N1. The number of guanidine groups is 1. The van der Waals surface area contributed by atoms with Crippen molar-refractivity contribution in [2.75, 3.05) is 5.32 Å². The highest BCUT2D eigenvalue weighted by Crippen LogP contribution is 2.15. The Labute approximate surface area is 85.7 Å². The first-order chi connectivity index (χ1) is 6.74. The highest BCUT2D eigenvalue weighted by atomic mass is 35.5. The summed E-state index contributed by atoms with van der Waals surface area (Å²) in [5.74, 6) is 0.191. The van der Waals surface area contributed by atoms with Crippen molar-refractivity contribution in [2.45, 2.75) is 6.29 Å². The Bertz CT molecular complexity index is 383. The largest absolute Gasteiger partial charge is 0.367 e. The predicted octanol–water partition coefficient (Wildman–Crippen LogP) is 1.82. The van der Waals surface area contributed by atoms with E-state index >= 15 is 0 Å². The summed E-state index contributed by atoms with van der Waals surface area (Å²) in [6, 6.07) is 7.23. The average molecular weight is 210 g/mol. The molecule has 0 radical (unpaired) electrons. The second-order valence-corrected chi connectivity index (χ2v) is 3.16. The van der Waals surface area contributed by atoms with E-state index in [1.54, 1.807) is 12.1 Å². The van der Waals surface area contributed by atoms with Gasteiger partial charge in [-0.15, -0.1) is 10.2 Å². The molecular weight excluding hydrogens is 202 g/mol. The van der Waals surface area contributed by atoms with Gasteiger partial charge in [-0.1, -0.05) is 11.6 Å². The predicted molar refractivity (Wildman–Crippen MR) is 55.3 cm³/mol. The van der Waals surface area contributed by atoms with Crippen molar-refractivity contribution in [2.24, 2.45) is 21.0 Å². The number of nitrogens with one attached hydrogen (secondary N) is 1. The van der Waals surface area contributed by atoms with E-state index in [0.717, 1.165) is 5.69 Å². The van der Waals surface area contributed by atoms with E-state index in [0.29, 0.717) is 5.02 Å². The van der Waals surface area contributed by atoms with Crippen LogP contribution < -0.4 is 11.1 Å². The van der Waals surface area contributed by atoms with Crippen molar-refractivity contribution in [3.8, 4) is 0 Å². The Morgan fingerprint density at radius 3 is 2.57 bits per heavy atom. The van der Waals surface area contributed by atoms with Gasteiger partial charge in [0.15, 0.2) is 0 Å². The van der Waals surface area contributed by atoms with E-state index in [4.69, 9.17) is 17.3 Å². The number of rotatable bonds is 2. The molecule has 5 nitrogen and oxygen atoms in total. The molecule has 1 unspecified atom stereocenters. The molecule has 72 valence electrons. The maximum absolute atomic E-state index is 5.73. The summed E-state index contributed by atoms with van der Waals surface area (Å²) in [4.78, 5) is 3.92. The lowest BCUT2D eigenvalue weighted by Gasteiger charge is -2.06. The van der Waals surface area contributed by atoms with Crippen molar-refractivity contribution in [1.29, 1.82) is 0 Å². The van der Waals surface area contributed by atoms with Crippen LogP contribution in [0.5, 0.6) is 0 Å². The maximum atomic E-state index is 5.73. The number of anilines is 1. The molecule has 1 aromatic carbocycles. The fourth-order valence-electron chi connectivity index (χ4n) is 1.05. The minimum absolute atomic E-state index is 0.191. The van der Waals surface area contributed by atoms with Crippen LogP contribution in [0.1, 0.15) is 0 Å². The molecule has 1 atom stereocenters. The number of hydrogen-bond acceptors (Lipinski definition) is 5. The second kappa shape index (κ2) is 3.63. The smallest absolute Gasteiger partial charge is 0.238 e. The molecular formula is C8H8ClN5. The summed E-state index contributed by atoms with van der Waals surface area (Å²) in [6.07, 6.45) is -0.420. The number of nitrogens with zero attached hydrogens (tertiary/aromatic N) is 3. The number of benzene rings is 1. The monoisotopic (exact) mass is 209 g/mol. The highest BCUT2D eigenvalue weighted by molar-refractivity contribution is 6.30. The molecule has 0 fully saturated rings. The highest BCUT2D eigenvalue weighted by Gasteiger charge is 2.10. The molecule has 0 amide bonds. The normalized spacial score (nSPS) is 19.5. The van der Waals surface area contributed by atoms with Gasteiger partial charge in [-0.2, -0.15) is 0 Å². The Morgan fingerprint density at radius 1 is 1.29 bits per heavy atom. The first-order valence-electron chi connectivity index (χ1n) is 4.00. The van der Waals surface area contributed by atoms with E-state index in [9.17, 15) is 0 Å². The van der Waals surface area contributed by atoms with Gasteiger partial charge in [0.1, 0.15) is 0 Å². The summed E-state index contributed by atoms with van der Waals surface area (Å²) in [7, 11) is 0. The molecule has 3 N–H and O–H groups in total. The van der Waals surface area contributed by atoms with E-state index in [2.05, 4.69) is 20.5 Å². The van der Waals surface area contributed by atoms with Gasteiger partial charge in [0.2, 0.25) is 12.2 Å². The first-order valence-corrected chi connectivity index (χ1v) is 4.38. The van der Waals surface area contributed by atoms with Gasteiger partial charge in [0.25, 0.3) is 0 Å². The van der Waals surface area contributed by atoms with Crippen LogP contribution in [0.4, 0.5) is 5.69 Å². The maximum Gasteiger partial charge on any atom is 0.238 e. The fourth-order valence-corrected chi connectivity index (χ4v) is 1.17. The molecule has 0 aliphatic carbocycles. The summed E-state index contributed by atoms with van der Waals surface area (Å²) >= 11 is 5.73. The van der Waals surface area contributed by atoms with Crippen molar-refractivity contribution in [1.82, 2.24) is 0 Å². The minimum atomic E-state index is -0.420. The van der Waals surface area contributed by atoms with Crippen molar-refractivity contribution >= 4 is 23.2 Å². The van der Waals surface area contributed by atoms with Gasteiger partial charge < -0.3 is 11.1 Å². The zero-order chi connectivity index (χ0) is 9.97. The molecule has 1 heterocycles. The lowest BCUT2D eigenvalue weighted by atomic mass is 10.3. The van der Waals surface area contributed by atoms with E-state index in [-0.39, 0.29) is 5.96 Å². The van der Waals surface area contributed by atoms with Crippen LogP contribution in [0, 0.1) is 0 Å². The van der Waals surface area contributed by atoms with Gasteiger partial charge in [0, 0.05) is 10.7 Å². The topological polar surface area (TPSA) is 75.1 Å². The van der Waals surface area contributed by atoms with Crippen molar-refractivity contribution < 1.29 is 0 Å². The third-order valence-corrected chi connectivity index (χ3v) is 1.92. The minimum Gasteiger partial charge on any atom is -0.367 e. The van der Waals surface area contributed by atoms with Crippen molar-refractivity contribution in [3.63, 3.8) is 0 Å². The van der Waals surface area contributed by atoms with Crippen LogP contribution in [-0.2, 0) is 0 Å². The average Bonchev–Trinajstić information content (AvgIpc) is 2.56. The fraction of sp³-hybridized carbons (Fsp3) is 0.125. The van der Waals surface area contributed by atoms with E-state index in [1.165, 1.54) is 0 Å². The van der Waals surface area contributed by atoms with Crippen LogP contribution in [0.2, 0.25) is 5.02 Å². The molecule has 1 aliphatic rings. The number of halogens is 1. The third kappa shape index (κ3) is 2.00. The van der Waals surface area contributed by atoms with Gasteiger partial charge in [0.05, 0.1) is 0 Å². The lowest BCUT2D eigenvalue weighted by molar-refractivity contribution is 0.804. The molecule has 0 bridgehead atoms. The summed E-state index contributed by atoms with van der Waals surface area (Å²) in [5, 5.41) is 11.1. The Hall–Kier alpha value is -1.62. The molecule has 0 saturated carbocycles. The van der Waals surface area contributed by atoms with Crippen LogP contribution in [0.15, 0.2) is 39.5 Å². The van der Waals surface area contributed by atoms with E-state index in [1.807, 2.05) is 12.1 Å². The molecule has 0 saturated heterocycles. The van der Waals surface area contributed by atoms with E-state index < -0.39 is 6.29 Å². The quantitative estimate of drug-likeness (QED) is 0.780. The number of aliphatic imine (C=N–C) groups is 1. The number of hydrogen-bond donors (Lipinski definition) is 2. The molecule has 1 aliphatic heterocycles. The Kier molecular flexibility index (Phi) is 2.32. The lowest BCUT2D eigenvalue weighted by Crippen LogP contribution is -2.13. The Morgan fingerprint density at radius 2 is 2.00 bits per heavy atom. The summed E-state index contributed by atoms with van der Waals surface area (Å²) in [5.41, 5.74) is 6.20. The number of azo groups is 1. The van der Waals surface area contributed by atoms with Crippen LogP contribution in [-0.4, -0.2) is 12.2 Å². The molecule has 0 spiro atoms. The summed E-state index contributed by atoms with van der Waals surface area (Å²) < 4.78 is 0. The van der Waals surface area contributed by atoms with Crippen molar-refractivity contribution in [3.05, 3.63) is 29.3 Å². The van der Waals surface area contributed by atoms with Gasteiger partial charge in [-0.05, 0) is 24.3 Å². The molecule has 2 rings (SSSR count). The standard InChI is InChI=1S/C8H8ClN5/c9-5-1-3-6(4-2-5)11-8-12-7(10)13-14-8/h1-4,8,11H,(H2,10,12). The molecule has 1 aromatic rings. The zero-order valence-electron chi connectivity index (χ0n) is 7.18.